The summed E-state index contributed by atoms with van der Waals surface area (Å²) in [6.45, 7) is 0. The van der Waals surface area contributed by atoms with E-state index in [1.807, 2.05) is 0 Å². The van der Waals surface area contributed by atoms with E-state index in [2.05, 4.69) is 0 Å². The minimum atomic E-state index is -0.581. The summed E-state index contributed by atoms with van der Waals surface area (Å²) >= 11 is 0. The molecule has 5 heteroatoms. The number of aliphatic hydroxyl groups excluding tert-OH is 1. The number of methoxy groups -OCH3 is 1. The maximum Gasteiger partial charge on any atom is 0.124 e. The van der Waals surface area contributed by atoms with Gasteiger partial charge in [-0.15, -0.1) is 12.4 Å². The summed E-state index contributed by atoms with van der Waals surface area (Å²) in [4.78, 5) is 0. The highest BCUT2D eigenvalue weighted by molar-refractivity contribution is 5.85. The van der Waals surface area contributed by atoms with Gasteiger partial charge in [-0.05, 0) is 30.9 Å². The summed E-state index contributed by atoms with van der Waals surface area (Å²) in [7, 11) is 1.54. The summed E-state index contributed by atoms with van der Waals surface area (Å²) in [5.41, 5.74) is 6.56. The maximum atomic E-state index is 10.1. The zero-order valence-electron chi connectivity index (χ0n) is 10.4. The van der Waals surface area contributed by atoms with Gasteiger partial charge >= 0.3 is 0 Å². The van der Waals surface area contributed by atoms with E-state index in [9.17, 15) is 10.2 Å². The van der Waals surface area contributed by atoms with Crippen molar-refractivity contribution >= 4 is 12.4 Å². The highest BCUT2D eigenvalue weighted by Gasteiger charge is 2.31. The quantitative estimate of drug-likeness (QED) is 0.784. The molecule has 0 radical (unpaired) electrons. The van der Waals surface area contributed by atoms with Crippen molar-refractivity contribution < 1.29 is 14.9 Å². The number of ether oxygens (including phenoxy) is 1. The van der Waals surface area contributed by atoms with Crippen LogP contribution in [0.3, 0.4) is 0 Å². The van der Waals surface area contributed by atoms with Crippen LogP contribution in [0.2, 0.25) is 0 Å². The van der Waals surface area contributed by atoms with Crippen LogP contribution < -0.4 is 10.5 Å². The van der Waals surface area contributed by atoms with Crippen molar-refractivity contribution in [3.05, 3.63) is 23.8 Å². The molecule has 0 aromatic heterocycles. The van der Waals surface area contributed by atoms with E-state index in [-0.39, 0.29) is 24.1 Å². The first-order chi connectivity index (χ1) is 8.13. The molecule has 0 amide bonds. The molecule has 0 unspecified atom stereocenters. The third-order valence-corrected chi connectivity index (χ3v) is 3.60. The normalized spacial score (nSPS) is 18.4. The SMILES string of the molecule is COc1ccc([C@@H](N)[C@@H](O)C2CCC2)c(O)c1.Cl. The maximum absolute atomic E-state index is 10.1. The van der Waals surface area contributed by atoms with E-state index in [1.165, 1.54) is 13.2 Å². The van der Waals surface area contributed by atoms with Gasteiger partial charge in [-0.1, -0.05) is 6.42 Å². The van der Waals surface area contributed by atoms with Gasteiger partial charge in [0.1, 0.15) is 11.5 Å². The fourth-order valence-electron chi connectivity index (χ4n) is 2.19. The Hall–Kier alpha value is -0.970. The fraction of sp³-hybridized carbons (Fsp3) is 0.538. The van der Waals surface area contributed by atoms with Crippen LogP contribution in [0.25, 0.3) is 0 Å². The van der Waals surface area contributed by atoms with E-state index in [0.717, 1.165) is 19.3 Å². The number of benzene rings is 1. The minimum absolute atomic E-state index is 0. The van der Waals surface area contributed by atoms with E-state index < -0.39 is 12.1 Å². The Labute approximate surface area is 113 Å². The molecular weight excluding hydrogens is 254 g/mol. The number of aliphatic hydroxyl groups is 1. The van der Waals surface area contributed by atoms with Gasteiger partial charge in [-0.2, -0.15) is 0 Å². The summed E-state index contributed by atoms with van der Waals surface area (Å²) in [6, 6.07) is 4.43. The molecule has 2 atom stereocenters. The highest BCUT2D eigenvalue weighted by Crippen LogP contribution is 2.37. The van der Waals surface area contributed by atoms with Crippen molar-refractivity contribution in [2.75, 3.05) is 7.11 Å². The molecule has 1 aliphatic rings. The number of aromatic hydroxyl groups is 1. The summed E-state index contributed by atoms with van der Waals surface area (Å²) in [6.07, 6.45) is 2.61. The molecule has 18 heavy (non-hydrogen) atoms. The van der Waals surface area contributed by atoms with Crippen molar-refractivity contribution in [2.24, 2.45) is 11.7 Å². The van der Waals surface area contributed by atoms with Crippen LogP contribution in [-0.2, 0) is 0 Å². The van der Waals surface area contributed by atoms with Crippen LogP contribution in [0.1, 0.15) is 30.9 Å². The van der Waals surface area contributed by atoms with Gasteiger partial charge in [0.2, 0.25) is 0 Å². The zero-order chi connectivity index (χ0) is 12.4. The standard InChI is InChI=1S/C13H19NO3.ClH/c1-17-9-5-6-10(11(15)7-9)12(14)13(16)8-3-2-4-8;/h5-8,12-13,15-16H,2-4,14H2,1H3;1H/t12-,13+;/m1./s1. The van der Waals surface area contributed by atoms with E-state index >= 15 is 0 Å². The summed E-state index contributed by atoms with van der Waals surface area (Å²) in [5.74, 6) is 0.929. The molecule has 1 aromatic rings. The Morgan fingerprint density at radius 2 is 2.06 bits per heavy atom. The van der Waals surface area contributed by atoms with Crippen LogP contribution in [0.15, 0.2) is 18.2 Å². The monoisotopic (exact) mass is 273 g/mol. The molecule has 2 rings (SSSR count). The first-order valence-corrected chi connectivity index (χ1v) is 5.94. The van der Waals surface area contributed by atoms with Crippen LogP contribution in [-0.4, -0.2) is 23.4 Å². The first-order valence-electron chi connectivity index (χ1n) is 5.94. The van der Waals surface area contributed by atoms with Crippen molar-refractivity contribution in [3.63, 3.8) is 0 Å². The van der Waals surface area contributed by atoms with Gasteiger partial charge in [0.15, 0.2) is 0 Å². The minimum Gasteiger partial charge on any atom is -0.507 e. The van der Waals surface area contributed by atoms with Gasteiger partial charge in [-0.25, -0.2) is 0 Å². The summed E-state index contributed by atoms with van der Waals surface area (Å²) in [5, 5.41) is 19.9. The Morgan fingerprint density at radius 3 is 2.50 bits per heavy atom. The van der Waals surface area contributed by atoms with Crippen LogP contribution in [0, 0.1) is 5.92 Å². The number of hydrogen-bond donors (Lipinski definition) is 3. The second-order valence-corrected chi connectivity index (χ2v) is 4.63. The molecule has 1 fully saturated rings. The van der Waals surface area contributed by atoms with Crippen LogP contribution in [0.5, 0.6) is 11.5 Å². The van der Waals surface area contributed by atoms with Crippen LogP contribution in [0.4, 0.5) is 0 Å². The van der Waals surface area contributed by atoms with Gasteiger partial charge in [0.25, 0.3) is 0 Å². The molecule has 102 valence electrons. The van der Waals surface area contributed by atoms with Crippen molar-refractivity contribution in [1.29, 1.82) is 0 Å². The largest absolute Gasteiger partial charge is 0.507 e. The van der Waals surface area contributed by atoms with Crippen molar-refractivity contribution in [3.8, 4) is 11.5 Å². The Balaban J connectivity index is 0.00000162. The second-order valence-electron chi connectivity index (χ2n) is 4.63. The molecule has 0 bridgehead atoms. The van der Waals surface area contributed by atoms with E-state index in [1.54, 1.807) is 12.1 Å². The topological polar surface area (TPSA) is 75.7 Å². The molecule has 1 saturated carbocycles. The number of nitrogens with two attached hydrogens (primary N) is 1. The lowest BCUT2D eigenvalue weighted by Gasteiger charge is -2.34. The molecular formula is C13H20ClNO3. The molecule has 0 saturated heterocycles. The predicted molar refractivity (Wildman–Crippen MR) is 72.2 cm³/mol. The Bertz CT molecular complexity index is 396. The molecule has 0 heterocycles. The van der Waals surface area contributed by atoms with Crippen molar-refractivity contribution in [2.45, 2.75) is 31.4 Å². The third kappa shape index (κ3) is 2.88. The average Bonchev–Trinajstić information content (AvgIpc) is 2.25. The zero-order valence-corrected chi connectivity index (χ0v) is 11.2. The molecule has 0 spiro atoms. The lowest BCUT2D eigenvalue weighted by Crippen LogP contribution is -2.36. The molecule has 0 aliphatic heterocycles. The van der Waals surface area contributed by atoms with E-state index in [0.29, 0.717) is 11.3 Å². The van der Waals surface area contributed by atoms with E-state index in [4.69, 9.17) is 10.5 Å². The number of hydrogen-bond acceptors (Lipinski definition) is 4. The smallest absolute Gasteiger partial charge is 0.124 e. The number of rotatable bonds is 4. The molecule has 4 N–H and O–H groups in total. The summed E-state index contributed by atoms with van der Waals surface area (Å²) < 4.78 is 5.01. The molecule has 4 nitrogen and oxygen atoms in total. The highest BCUT2D eigenvalue weighted by atomic mass is 35.5. The van der Waals surface area contributed by atoms with Crippen molar-refractivity contribution in [1.82, 2.24) is 0 Å². The van der Waals surface area contributed by atoms with Gasteiger partial charge in [0.05, 0.1) is 19.3 Å². The Morgan fingerprint density at radius 1 is 1.39 bits per heavy atom. The number of halogens is 1. The van der Waals surface area contributed by atoms with Gasteiger partial charge in [-0.3, -0.25) is 0 Å². The second kappa shape index (κ2) is 6.27. The molecule has 1 aliphatic carbocycles. The third-order valence-electron chi connectivity index (χ3n) is 3.60. The lowest BCUT2D eigenvalue weighted by molar-refractivity contribution is 0.0407. The number of phenols is 1. The number of phenolic OH excluding ortho intramolecular Hbond substituents is 1. The van der Waals surface area contributed by atoms with Crippen LogP contribution >= 0.6 is 12.4 Å². The Kier molecular flexibility index (Phi) is 5.26. The van der Waals surface area contributed by atoms with Gasteiger partial charge < -0.3 is 20.7 Å². The predicted octanol–water partition coefficient (Wildman–Crippen LogP) is 1.98. The molecule has 1 aromatic carbocycles. The lowest BCUT2D eigenvalue weighted by atomic mass is 9.77. The van der Waals surface area contributed by atoms with Gasteiger partial charge in [0, 0.05) is 11.6 Å². The average molecular weight is 274 g/mol. The first kappa shape index (κ1) is 15.1. The fourth-order valence-corrected chi connectivity index (χ4v) is 2.19.